The van der Waals surface area contributed by atoms with Crippen molar-refractivity contribution >= 4 is 22.9 Å². The molecule has 0 N–H and O–H groups in total. The maximum Gasteiger partial charge on any atom is 0.137 e. The number of hydrogen-bond donors (Lipinski definition) is 0. The van der Waals surface area contributed by atoms with Crippen LogP contribution in [-0.2, 0) is 0 Å². The summed E-state index contributed by atoms with van der Waals surface area (Å²) >= 11 is 5.98. The molecule has 0 aliphatic carbocycles. The summed E-state index contributed by atoms with van der Waals surface area (Å²) in [4.78, 5) is 6.67. The lowest BCUT2D eigenvalue weighted by Crippen LogP contribution is -2.07. The molecule has 1 aromatic carbocycles. The second-order valence-corrected chi connectivity index (χ2v) is 5.12. The number of hydrogen-bond acceptors (Lipinski definition) is 2. The standard InChI is InChI=1S/C15H14ClN3/c1-18(2)13-6-3-11(4-7-13)14-10-19-9-12(16)5-8-15(19)17-14/h3-10H,1-2H3. The molecule has 0 spiro atoms. The number of anilines is 1. The molecule has 0 bridgehead atoms. The van der Waals surface area contributed by atoms with Gasteiger partial charge in [0.2, 0.25) is 0 Å². The summed E-state index contributed by atoms with van der Waals surface area (Å²) in [5.74, 6) is 0. The molecule has 0 radical (unpaired) electrons. The van der Waals surface area contributed by atoms with Gasteiger partial charge in [-0.1, -0.05) is 23.7 Å². The highest BCUT2D eigenvalue weighted by molar-refractivity contribution is 6.30. The van der Waals surface area contributed by atoms with Crippen molar-refractivity contribution in [2.75, 3.05) is 19.0 Å². The average Bonchev–Trinajstić information content (AvgIpc) is 2.81. The van der Waals surface area contributed by atoms with E-state index in [1.807, 2.05) is 43.0 Å². The minimum absolute atomic E-state index is 0.708. The predicted molar refractivity (Wildman–Crippen MR) is 80.0 cm³/mol. The topological polar surface area (TPSA) is 20.5 Å². The Morgan fingerprint density at radius 1 is 1.00 bits per heavy atom. The van der Waals surface area contributed by atoms with Gasteiger partial charge in [0.1, 0.15) is 5.65 Å². The van der Waals surface area contributed by atoms with Crippen LogP contribution in [0.25, 0.3) is 16.9 Å². The van der Waals surface area contributed by atoms with Crippen LogP contribution in [0, 0.1) is 0 Å². The van der Waals surface area contributed by atoms with Crippen LogP contribution in [0.3, 0.4) is 0 Å². The molecule has 19 heavy (non-hydrogen) atoms. The summed E-state index contributed by atoms with van der Waals surface area (Å²) in [6.07, 6.45) is 3.85. The Bertz CT molecular complexity index is 714. The van der Waals surface area contributed by atoms with Gasteiger partial charge < -0.3 is 9.30 Å². The molecular weight excluding hydrogens is 258 g/mol. The molecule has 3 nitrogen and oxygen atoms in total. The number of nitrogens with zero attached hydrogens (tertiary/aromatic N) is 3. The van der Waals surface area contributed by atoms with E-state index in [-0.39, 0.29) is 0 Å². The number of imidazole rings is 1. The second-order valence-electron chi connectivity index (χ2n) is 4.68. The van der Waals surface area contributed by atoms with E-state index in [9.17, 15) is 0 Å². The summed E-state index contributed by atoms with van der Waals surface area (Å²) in [7, 11) is 4.06. The first-order valence-electron chi connectivity index (χ1n) is 6.05. The lowest BCUT2D eigenvalue weighted by molar-refractivity contribution is 1.13. The Morgan fingerprint density at radius 2 is 1.74 bits per heavy atom. The molecule has 0 saturated heterocycles. The minimum atomic E-state index is 0.708. The molecule has 4 heteroatoms. The van der Waals surface area contributed by atoms with E-state index >= 15 is 0 Å². The number of benzene rings is 1. The van der Waals surface area contributed by atoms with Crippen molar-refractivity contribution in [1.29, 1.82) is 0 Å². The van der Waals surface area contributed by atoms with Crippen molar-refractivity contribution < 1.29 is 0 Å². The summed E-state index contributed by atoms with van der Waals surface area (Å²) in [6, 6.07) is 12.1. The Balaban J connectivity index is 2.03. The van der Waals surface area contributed by atoms with Crippen LogP contribution < -0.4 is 4.90 Å². The predicted octanol–water partition coefficient (Wildman–Crippen LogP) is 3.72. The Morgan fingerprint density at radius 3 is 2.42 bits per heavy atom. The van der Waals surface area contributed by atoms with Gasteiger partial charge in [0.15, 0.2) is 0 Å². The van der Waals surface area contributed by atoms with Gasteiger partial charge in [0, 0.05) is 37.7 Å². The van der Waals surface area contributed by atoms with Gasteiger partial charge in [0.25, 0.3) is 0 Å². The van der Waals surface area contributed by atoms with Gasteiger partial charge in [-0.2, -0.15) is 0 Å². The molecule has 2 aromatic heterocycles. The normalized spacial score (nSPS) is 10.9. The third-order valence-electron chi connectivity index (χ3n) is 3.09. The fraction of sp³-hybridized carbons (Fsp3) is 0.133. The molecular formula is C15H14ClN3. The molecule has 3 aromatic rings. The minimum Gasteiger partial charge on any atom is -0.378 e. The summed E-state index contributed by atoms with van der Waals surface area (Å²) < 4.78 is 1.94. The van der Waals surface area contributed by atoms with Gasteiger partial charge in [-0.25, -0.2) is 4.98 Å². The highest BCUT2D eigenvalue weighted by Crippen LogP contribution is 2.23. The van der Waals surface area contributed by atoms with Crippen LogP contribution in [0.4, 0.5) is 5.69 Å². The Labute approximate surface area is 117 Å². The lowest BCUT2D eigenvalue weighted by atomic mass is 10.1. The van der Waals surface area contributed by atoms with Gasteiger partial charge in [-0.05, 0) is 24.3 Å². The number of fused-ring (bicyclic) bond motifs is 1. The van der Waals surface area contributed by atoms with Crippen molar-refractivity contribution in [2.45, 2.75) is 0 Å². The van der Waals surface area contributed by atoms with Crippen LogP contribution in [-0.4, -0.2) is 23.5 Å². The van der Waals surface area contributed by atoms with E-state index < -0.39 is 0 Å². The van der Waals surface area contributed by atoms with E-state index in [4.69, 9.17) is 11.6 Å². The fourth-order valence-electron chi connectivity index (χ4n) is 2.03. The first-order chi connectivity index (χ1) is 9.13. The maximum atomic E-state index is 5.98. The van der Waals surface area contributed by atoms with Crippen LogP contribution >= 0.6 is 11.6 Å². The third kappa shape index (κ3) is 2.29. The van der Waals surface area contributed by atoms with E-state index in [1.165, 1.54) is 5.69 Å². The van der Waals surface area contributed by atoms with Crippen LogP contribution in [0.15, 0.2) is 48.8 Å². The number of aromatic nitrogens is 2. The van der Waals surface area contributed by atoms with Crippen molar-refractivity contribution in [3.63, 3.8) is 0 Å². The SMILES string of the molecule is CN(C)c1ccc(-c2cn3cc(Cl)ccc3n2)cc1. The van der Waals surface area contributed by atoms with E-state index in [0.29, 0.717) is 5.02 Å². The van der Waals surface area contributed by atoms with Crippen LogP contribution in [0.1, 0.15) is 0 Å². The Kier molecular flexibility index (Phi) is 2.91. The summed E-state index contributed by atoms with van der Waals surface area (Å²) in [5, 5.41) is 0.708. The largest absolute Gasteiger partial charge is 0.378 e. The molecule has 0 aliphatic rings. The summed E-state index contributed by atoms with van der Waals surface area (Å²) in [5.41, 5.74) is 4.13. The molecule has 0 saturated carbocycles. The highest BCUT2D eigenvalue weighted by atomic mass is 35.5. The van der Waals surface area contributed by atoms with Crippen LogP contribution in [0.5, 0.6) is 0 Å². The summed E-state index contributed by atoms with van der Waals surface area (Å²) in [6.45, 7) is 0. The van der Waals surface area contributed by atoms with Crippen molar-refractivity contribution in [3.05, 3.63) is 53.8 Å². The van der Waals surface area contributed by atoms with E-state index in [1.54, 1.807) is 0 Å². The Hall–Kier alpha value is -2.00. The average molecular weight is 272 g/mol. The highest BCUT2D eigenvalue weighted by Gasteiger charge is 2.05. The van der Waals surface area contributed by atoms with E-state index in [2.05, 4.69) is 34.1 Å². The number of halogens is 1. The first kappa shape index (κ1) is 12.1. The maximum absolute atomic E-state index is 5.98. The fourth-order valence-corrected chi connectivity index (χ4v) is 2.20. The van der Waals surface area contributed by atoms with Gasteiger partial charge in [-0.3, -0.25) is 0 Å². The lowest BCUT2D eigenvalue weighted by Gasteiger charge is -2.12. The van der Waals surface area contributed by atoms with Crippen molar-refractivity contribution in [3.8, 4) is 11.3 Å². The van der Waals surface area contributed by atoms with Crippen molar-refractivity contribution in [1.82, 2.24) is 9.38 Å². The molecule has 2 heterocycles. The van der Waals surface area contributed by atoms with E-state index in [0.717, 1.165) is 16.9 Å². The van der Waals surface area contributed by atoms with Gasteiger partial charge in [0.05, 0.1) is 10.7 Å². The van der Waals surface area contributed by atoms with Crippen LogP contribution in [0.2, 0.25) is 5.02 Å². The molecule has 0 fully saturated rings. The molecule has 3 rings (SSSR count). The number of pyridine rings is 1. The molecule has 0 aliphatic heterocycles. The zero-order chi connectivity index (χ0) is 13.4. The zero-order valence-corrected chi connectivity index (χ0v) is 11.6. The molecule has 96 valence electrons. The number of rotatable bonds is 2. The zero-order valence-electron chi connectivity index (χ0n) is 10.8. The third-order valence-corrected chi connectivity index (χ3v) is 3.32. The first-order valence-corrected chi connectivity index (χ1v) is 6.43. The monoisotopic (exact) mass is 271 g/mol. The quantitative estimate of drug-likeness (QED) is 0.708. The molecule has 0 atom stereocenters. The second kappa shape index (κ2) is 4.59. The van der Waals surface area contributed by atoms with Gasteiger partial charge >= 0.3 is 0 Å². The van der Waals surface area contributed by atoms with Gasteiger partial charge in [-0.15, -0.1) is 0 Å². The molecule has 0 amide bonds. The van der Waals surface area contributed by atoms with Crippen molar-refractivity contribution in [2.24, 2.45) is 0 Å². The smallest absolute Gasteiger partial charge is 0.137 e. The molecule has 0 unspecified atom stereocenters.